The second-order valence-corrected chi connectivity index (χ2v) is 7.52. The number of hydrogen-bond acceptors (Lipinski definition) is 8. The molecule has 0 radical (unpaired) electrons. The van der Waals surface area contributed by atoms with Gasteiger partial charge in [0.15, 0.2) is 10.7 Å². The summed E-state index contributed by atoms with van der Waals surface area (Å²) in [5.41, 5.74) is 0. The summed E-state index contributed by atoms with van der Waals surface area (Å²) >= 11 is 0. The molecule has 0 bridgehead atoms. The van der Waals surface area contributed by atoms with Crippen molar-refractivity contribution in [3.63, 3.8) is 0 Å². The molecule has 4 N–H and O–H groups in total. The minimum absolute atomic E-state index is 0.0526. The average Bonchev–Trinajstić information content (AvgIpc) is 2.29. The maximum atomic E-state index is 11.1. The van der Waals surface area contributed by atoms with Crippen LogP contribution in [-0.2, 0) is 20.2 Å². The Morgan fingerprint density at radius 2 is 1.00 bits per heavy atom. The van der Waals surface area contributed by atoms with Gasteiger partial charge in [0, 0.05) is 26.2 Å². The first-order valence-corrected chi connectivity index (χ1v) is 8.74. The van der Waals surface area contributed by atoms with Crippen molar-refractivity contribution in [1.29, 1.82) is 0 Å². The van der Waals surface area contributed by atoms with Gasteiger partial charge in [0.1, 0.15) is 0 Å². The Balaban J connectivity index is 2.73. The van der Waals surface area contributed by atoms with Gasteiger partial charge in [0.05, 0.1) is 13.2 Å². The standard InChI is InChI=1S/C8H18N2O8S2/c11-5-7(19(13,14)15)9-1-2-10(4-3-9)8(6-12)20(16,17)18/h7-8,11-12H,1-6H2,(H,13,14,15)(H,16,17,18). The lowest BCUT2D eigenvalue weighted by atomic mass is 10.3. The van der Waals surface area contributed by atoms with E-state index >= 15 is 0 Å². The van der Waals surface area contributed by atoms with Crippen molar-refractivity contribution in [2.24, 2.45) is 0 Å². The molecular weight excluding hydrogens is 316 g/mol. The molecule has 0 aliphatic carbocycles. The molecule has 0 spiro atoms. The van der Waals surface area contributed by atoms with Crippen molar-refractivity contribution in [3.8, 4) is 0 Å². The second-order valence-electron chi connectivity index (χ2n) is 4.38. The highest BCUT2D eigenvalue weighted by Crippen LogP contribution is 2.14. The van der Waals surface area contributed by atoms with E-state index in [-0.39, 0.29) is 26.2 Å². The van der Waals surface area contributed by atoms with Gasteiger partial charge in [-0.05, 0) is 0 Å². The summed E-state index contributed by atoms with van der Waals surface area (Å²) in [6.45, 7) is -1.37. The molecule has 2 unspecified atom stereocenters. The van der Waals surface area contributed by atoms with Gasteiger partial charge in [0.25, 0.3) is 20.2 Å². The molecule has 1 heterocycles. The van der Waals surface area contributed by atoms with Gasteiger partial charge in [-0.2, -0.15) is 16.8 Å². The molecule has 12 heteroatoms. The summed E-state index contributed by atoms with van der Waals surface area (Å²) in [7, 11) is -8.89. The second kappa shape index (κ2) is 6.62. The number of aliphatic hydroxyl groups is 2. The van der Waals surface area contributed by atoms with Crippen LogP contribution in [0.3, 0.4) is 0 Å². The van der Waals surface area contributed by atoms with Crippen LogP contribution in [-0.4, -0.2) is 96.1 Å². The predicted octanol–water partition coefficient (Wildman–Crippen LogP) is -2.98. The Kier molecular flexibility index (Phi) is 5.86. The van der Waals surface area contributed by atoms with Crippen molar-refractivity contribution < 1.29 is 36.2 Å². The number of aliphatic hydroxyl groups excluding tert-OH is 2. The zero-order chi connectivity index (χ0) is 15.6. The monoisotopic (exact) mass is 334 g/mol. The molecule has 0 aromatic heterocycles. The molecule has 0 saturated carbocycles. The molecule has 0 amide bonds. The first-order chi connectivity index (χ1) is 9.11. The van der Waals surface area contributed by atoms with Crippen LogP contribution in [0.5, 0.6) is 0 Å². The van der Waals surface area contributed by atoms with E-state index in [2.05, 4.69) is 0 Å². The molecule has 1 aliphatic rings. The Labute approximate surface area is 117 Å². The zero-order valence-electron chi connectivity index (χ0n) is 10.5. The Morgan fingerprint density at radius 3 is 1.15 bits per heavy atom. The van der Waals surface area contributed by atoms with E-state index < -0.39 is 44.2 Å². The predicted molar refractivity (Wildman–Crippen MR) is 68.0 cm³/mol. The molecule has 0 aromatic rings. The fourth-order valence-electron chi connectivity index (χ4n) is 2.11. The third-order valence-electron chi connectivity index (χ3n) is 3.16. The summed E-state index contributed by atoms with van der Waals surface area (Å²) in [6, 6.07) is 0. The van der Waals surface area contributed by atoms with Crippen molar-refractivity contribution in [2.75, 3.05) is 39.4 Å². The topological polar surface area (TPSA) is 156 Å². The van der Waals surface area contributed by atoms with Crippen molar-refractivity contribution >= 4 is 20.2 Å². The van der Waals surface area contributed by atoms with Gasteiger partial charge in [-0.15, -0.1) is 0 Å². The van der Waals surface area contributed by atoms with Gasteiger partial charge >= 0.3 is 0 Å². The average molecular weight is 334 g/mol. The molecule has 0 aromatic carbocycles. The largest absolute Gasteiger partial charge is 0.394 e. The minimum Gasteiger partial charge on any atom is -0.394 e. The molecule has 2 atom stereocenters. The van der Waals surface area contributed by atoms with Gasteiger partial charge in [-0.1, -0.05) is 0 Å². The molecular formula is C8H18N2O8S2. The first-order valence-electron chi connectivity index (χ1n) is 5.73. The van der Waals surface area contributed by atoms with E-state index in [4.69, 9.17) is 19.3 Å². The lowest BCUT2D eigenvalue weighted by Gasteiger charge is -2.39. The van der Waals surface area contributed by atoms with Crippen LogP contribution in [0.25, 0.3) is 0 Å². The van der Waals surface area contributed by atoms with Crippen LogP contribution in [0.2, 0.25) is 0 Å². The maximum Gasteiger partial charge on any atom is 0.283 e. The van der Waals surface area contributed by atoms with E-state index in [0.29, 0.717) is 0 Å². The highest BCUT2D eigenvalue weighted by molar-refractivity contribution is 7.86. The SMILES string of the molecule is O=S(=O)(O)C(CO)N1CCN(C(CO)S(=O)(=O)O)CC1. The lowest BCUT2D eigenvalue weighted by Crippen LogP contribution is -2.57. The summed E-state index contributed by atoms with van der Waals surface area (Å²) in [5, 5.41) is 15.0. The molecule has 10 nitrogen and oxygen atoms in total. The maximum absolute atomic E-state index is 11.1. The van der Waals surface area contributed by atoms with E-state index in [0.717, 1.165) is 0 Å². The van der Waals surface area contributed by atoms with Gasteiger partial charge in [-0.3, -0.25) is 18.9 Å². The molecule has 1 aliphatic heterocycles. The van der Waals surface area contributed by atoms with Crippen LogP contribution in [0.1, 0.15) is 0 Å². The summed E-state index contributed by atoms with van der Waals surface area (Å²) in [6.07, 6.45) is 0. The lowest BCUT2D eigenvalue weighted by molar-refractivity contribution is 0.0688. The van der Waals surface area contributed by atoms with Crippen LogP contribution < -0.4 is 0 Å². The first kappa shape index (κ1) is 17.7. The number of nitrogens with zero attached hydrogens (tertiary/aromatic N) is 2. The zero-order valence-corrected chi connectivity index (χ0v) is 12.2. The fourth-order valence-corrected chi connectivity index (χ4v) is 3.66. The van der Waals surface area contributed by atoms with Crippen molar-refractivity contribution in [3.05, 3.63) is 0 Å². The fraction of sp³-hybridized carbons (Fsp3) is 1.00. The highest BCUT2D eigenvalue weighted by atomic mass is 32.2. The number of piperazine rings is 1. The van der Waals surface area contributed by atoms with Crippen molar-refractivity contribution in [2.45, 2.75) is 10.7 Å². The van der Waals surface area contributed by atoms with Crippen LogP contribution in [0, 0.1) is 0 Å². The third kappa shape index (κ3) is 4.33. The molecule has 1 rings (SSSR count). The number of rotatable bonds is 6. The Bertz CT molecular complexity index is 463. The van der Waals surface area contributed by atoms with Crippen molar-refractivity contribution in [1.82, 2.24) is 9.80 Å². The van der Waals surface area contributed by atoms with Gasteiger partial charge in [-0.25, -0.2) is 0 Å². The highest BCUT2D eigenvalue weighted by Gasteiger charge is 2.36. The third-order valence-corrected chi connectivity index (χ3v) is 5.43. The van der Waals surface area contributed by atoms with Crippen LogP contribution in [0.15, 0.2) is 0 Å². The van der Waals surface area contributed by atoms with Gasteiger partial charge < -0.3 is 10.2 Å². The minimum atomic E-state index is -4.45. The van der Waals surface area contributed by atoms with Crippen LogP contribution in [0.4, 0.5) is 0 Å². The normalized spacial score (nSPS) is 22.6. The van der Waals surface area contributed by atoms with E-state index in [1.54, 1.807) is 0 Å². The van der Waals surface area contributed by atoms with Gasteiger partial charge in [0.2, 0.25) is 0 Å². The molecule has 20 heavy (non-hydrogen) atoms. The summed E-state index contributed by atoms with van der Waals surface area (Å²) in [4.78, 5) is 2.56. The molecule has 1 fully saturated rings. The van der Waals surface area contributed by atoms with E-state index in [1.807, 2.05) is 0 Å². The Hall–Kier alpha value is -0.340. The smallest absolute Gasteiger partial charge is 0.283 e. The van der Waals surface area contributed by atoms with E-state index in [1.165, 1.54) is 9.80 Å². The summed E-state index contributed by atoms with van der Waals surface area (Å²) < 4.78 is 62.2. The van der Waals surface area contributed by atoms with Crippen LogP contribution >= 0.6 is 0 Å². The van der Waals surface area contributed by atoms with E-state index in [9.17, 15) is 16.8 Å². The number of hydrogen-bond donors (Lipinski definition) is 4. The Morgan fingerprint density at radius 1 is 0.750 bits per heavy atom. The molecule has 120 valence electrons. The quantitative estimate of drug-likeness (QED) is 0.369. The molecule has 1 saturated heterocycles. The summed E-state index contributed by atoms with van der Waals surface area (Å²) in [5.74, 6) is 0.